The lowest BCUT2D eigenvalue weighted by atomic mass is 10.1. The maximum atomic E-state index is 11.8. The van der Waals surface area contributed by atoms with Crippen molar-refractivity contribution in [3.8, 4) is 0 Å². The number of amides is 2. The number of hydrogen-bond donors (Lipinski definition) is 3. The van der Waals surface area contributed by atoms with E-state index in [1.54, 1.807) is 0 Å². The summed E-state index contributed by atoms with van der Waals surface area (Å²) in [7, 11) is 1.82. The minimum absolute atomic E-state index is 0.0547. The van der Waals surface area contributed by atoms with Gasteiger partial charge in [-0.25, -0.2) is 0 Å². The van der Waals surface area contributed by atoms with Crippen molar-refractivity contribution in [3.63, 3.8) is 0 Å². The first-order valence-electron chi connectivity index (χ1n) is 8.22. The molecule has 0 heterocycles. The van der Waals surface area contributed by atoms with Crippen molar-refractivity contribution in [2.24, 2.45) is 0 Å². The van der Waals surface area contributed by atoms with Crippen molar-refractivity contribution in [1.29, 1.82) is 0 Å². The number of ketones is 2. The number of carbonyl (C=O) groups is 4. The van der Waals surface area contributed by atoms with Crippen LogP contribution in [0.25, 0.3) is 0 Å². The summed E-state index contributed by atoms with van der Waals surface area (Å²) in [6, 6.07) is -0.723. The summed E-state index contributed by atoms with van der Waals surface area (Å²) in [5.74, 6) is -1.22. The molecule has 0 saturated heterocycles. The first-order chi connectivity index (χ1) is 11.9. The van der Waals surface area contributed by atoms with E-state index < -0.39 is 17.9 Å². The first-order valence-corrected chi connectivity index (χ1v) is 8.22. The van der Waals surface area contributed by atoms with E-state index in [2.05, 4.69) is 16.0 Å². The number of hydrogen-bond acceptors (Lipinski definition) is 7. The molecule has 0 aromatic rings. The molecule has 9 nitrogen and oxygen atoms in total. The summed E-state index contributed by atoms with van der Waals surface area (Å²) < 4.78 is 10.3. The highest BCUT2D eigenvalue weighted by Gasteiger charge is 2.17. The molecule has 2 amide bonds. The molecule has 1 atom stereocenters. The van der Waals surface area contributed by atoms with Gasteiger partial charge < -0.3 is 30.2 Å². The van der Waals surface area contributed by atoms with Gasteiger partial charge in [-0.15, -0.1) is 0 Å². The van der Waals surface area contributed by atoms with Crippen molar-refractivity contribution in [2.75, 3.05) is 46.6 Å². The van der Waals surface area contributed by atoms with Gasteiger partial charge >= 0.3 is 0 Å². The van der Waals surface area contributed by atoms with Crippen molar-refractivity contribution in [2.45, 2.75) is 32.7 Å². The molecule has 0 bridgehead atoms. The lowest BCUT2D eigenvalue weighted by Gasteiger charge is -2.15. The normalized spacial score (nSPS) is 11.6. The quantitative estimate of drug-likeness (QED) is 0.314. The van der Waals surface area contributed by atoms with Crippen LogP contribution < -0.4 is 16.0 Å². The molecule has 0 aliphatic heterocycles. The van der Waals surface area contributed by atoms with E-state index >= 15 is 0 Å². The highest BCUT2D eigenvalue weighted by atomic mass is 16.5. The molecule has 144 valence electrons. The van der Waals surface area contributed by atoms with E-state index in [1.807, 2.05) is 7.05 Å². The largest absolute Gasteiger partial charge is 0.378 e. The maximum Gasteiger partial charge on any atom is 0.246 e. The first kappa shape index (κ1) is 23.2. The Hall–Kier alpha value is -1.84. The number of ether oxygens (including phenoxy) is 2. The third-order valence-corrected chi connectivity index (χ3v) is 3.16. The predicted octanol–water partition coefficient (Wildman–Crippen LogP) is -1.20. The Kier molecular flexibility index (Phi) is 13.4. The van der Waals surface area contributed by atoms with Gasteiger partial charge in [0.15, 0.2) is 5.78 Å². The van der Waals surface area contributed by atoms with Gasteiger partial charge in [0, 0.05) is 13.0 Å². The molecule has 0 rings (SSSR count). The topological polar surface area (TPSA) is 123 Å². The molecule has 0 radical (unpaired) electrons. The van der Waals surface area contributed by atoms with Crippen molar-refractivity contribution in [3.05, 3.63) is 0 Å². The zero-order valence-corrected chi connectivity index (χ0v) is 15.2. The summed E-state index contributed by atoms with van der Waals surface area (Å²) in [5.41, 5.74) is 0. The van der Waals surface area contributed by atoms with Crippen LogP contribution in [0.15, 0.2) is 0 Å². The van der Waals surface area contributed by atoms with E-state index in [1.165, 1.54) is 13.8 Å². The molecule has 0 spiro atoms. The molecule has 0 aliphatic carbocycles. The second kappa shape index (κ2) is 14.5. The molecule has 9 heteroatoms. The second-order valence-electron chi connectivity index (χ2n) is 5.52. The average molecular weight is 359 g/mol. The predicted molar refractivity (Wildman–Crippen MR) is 91.1 cm³/mol. The Bertz CT molecular complexity index is 442. The fraction of sp³-hybridized carbons (Fsp3) is 0.750. The van der Waals surface area contributed by atoms with Crippen molar-refractivity contribution >= 4 is 23.4 Å². The monoisotopic (exact) mass is 359 g/mol. The van der Waals surface area contributed by atoms with Crippen LogP contribution in [0.5, 0.6) is 0 Å². The van der Waals surface area contributed by atoms with Crippen LogP contribution in [0.3, 0.4) is 0 Å². The van der Waals surface area contributed by atoms with Crippen LogP contribution >= 0.6 is 0 Å². The molecule has 3 N–H and O–H groups in total. The molecule has 1 unspecified atom stereocenters. The molecule has 0 saturated carbocycles. The standard InChI is InChI=1S/C16H29N3O6/c1-12(20)4-5-14(13(2)21)19-15(22)10-18-16(23)11-25-9-8-24-7-6-17-3/h14,17H,4-11H2,1-3H3,(H,18,23)(H,19,22). The molecule has 25 heavy (non-hydrogen) atoms. The van der Waals surface area contributed by atoms with Gasteiger partial charge in [-0.05, 0) is 27.3 Å². The minimum Gasteiger partial charge on any atom is -0.378 e. The zero-order chi connectivity index (χ0) is 19.1. The average Bonchev–Trinajstić information content (AvgIpc) is 2.55. The van der Waals surface area contributed by atoms with E-state index in [9.17, 15) is 19.2 Å². The summed E-state index contributed by atoms with van der Waals surface area (Å²) in [6.45, 7) is 4.29. The van der Waals surface area contributed by atoms with E-state index in [4.69, 9.17) is 9.47 Å². The van der Waals surface area contributed by atoms with Gasteiger partial charge in [0.1, 0.15) is 12.4 Å². The van der Waals surface area contributed by atoms with Crippen molar-refractivity contribution < 1.29 is 28.7 Å². The minimum atomic E-state index is -0.723. The summed E-state index contributed by atoms with van der Waals surface area (Å²) in [4.78, 5) is 45.7. The lowest BCUT2D eigenvalue weighted by molar-refractivity contribution is -0.130. The molecule has 0 aliphatic rings. The number of rotatable bonds is 15. The molecular weight excluding hydrogens is 330 g/mol. The van der Waals surface area contributed by atoms with Gasteiger partial charge in [0.25, 0.3) is 0 Å². The van der Waals surface area contributed by atoms with E-state index in [0.29, 0.717) is 13.2 Å². The van der Waals surface area contributed by atoms with Gasteiger partial charge in [-0.3, -0.25) is 14.4 Å². The van der Waals surface area contributed by atoms with Crippen LogP contribution in [-0.2, 0) is 28.7 Å². The number of nitrogens with one attached hydrogen (secondary N) is 3. The van der Waals surface area contributed by atoms with E-state index in [0.717, 1.165) is 6.54 Å². The highest BCUT2D eigenvalue weighted by molar-refractivity contribution is 5.90. The molecule has 0 aromatic carbocycles. The highest BCUT2D eigenvalue weighted by Crippen LogP contribution is 1.99. The Morgan fingerprint density at radius 3 is 2.24 bits per heavy atom. The van der Waals surface area contributed by atoms with Crippen LogP contribution in [0.2, 0.25) is 0 Å². The smallest absolute Gasteiger partial charge is 0.246 e. The third-order valence-electron chi connectivity index (χ3n) is 3.16. The number of likely N-dealkylation sites (N-methyl/N-ethyl adjacent to an activating group) is 1. The van der Waals surface area contributed by atoms with E-state index in [-0.39, 0.29) is 44.2 Å². The third kappa shape index (κ3) is 14.2. The summed E-state index contributed by atoms with van der Waals surface area (Å²) >= 11 is 0. The number of carbonyl (C=O) groups excluding carboxylic acids is 4. The van der Waals surface area contributed by atoms with Crippen molar-refractivity contribution in [1.82, 2.24) is 16.0 Å². The maximum absolute atomic E-state index is 11.8. The van der Waals surface area contributed by atoms with Crippen LogP contribution in [0.4, 0.5) is 0 Å². The Morgan fingerprint density at radius 2 is 1.64 bits per heavy atom. The Balaban J connectivity index is 3.85. The fourth-order valence-corrected chi connectivity index (χ4v) is 1.76. The van der Waals surface area contributed by atoms with Gasteiger partial charge in [-0.1, -0.05) is 0 Å². The molecule has 0 aromatic heterocycles. The lowest BCUT2D eigenvalue weighted by Crippen LogP contribution is -2.45. The number of Topliss-reactive ketones (excluding diaryl/α,β-unsaturated/α-hetero) is 2. The molecular formula is C16H29N3O6. The SMILES string of the molecule is CNCCOCCOCC(=O)NCC(=O)NC(CCC(C)=O)C(C)=O. The Labute approximate surface area is 148 Å². The Morgan fingerprint density at radius 1 is 0.960 bits per heavy atom. The summed E-state index contributed by atoms with van der Waals surface area (Å²) in [5, 5.41) is 7.83. The second-order valence-corrected chi connectivity index (χ2v) is 5.52. The van der Waals surface area contributed by atoms with Crippen LogP contribution in [0, 0.1) is 0 Å². The van der Waals surface area contributed by atoms with Gasteiger partial charge in [0.05, 0.1) is 32.4 Å². The summed E-state index contributed by atoms with van der Waals surface area (Å²) in [6.07, 6.45) is 0.460. The van der Waals surface area contributed by atoms with Gasteiger partial charge in [0.2, 0.25) is 11.8 Å². The molecule has 0 fully saturated rings. The fourth-order valence-electron chi connectivity index (χ4n) is 1.76. The van der Waals surface area contributed by atoms with Crippen LogP contribution in [-0.4, -0.2) is 76.0 Å². The van der Waals surface area contributed by atoms with Gasteiger partial charge in [-0.2, -0.15) is 0 Å². The van der Waals surface area contributed by atoms with Crippen LogP contribution in [0.1, 0.15) is 26.7 Å². The zero-order valence-electron chi connectivity index (χ0n) is 15.2.